The standard InChI is InChI=1S/C48H44N3O.Pt/c1-47(2,3)37-31-40(46(52)41(32-37)48(4,5)6)43-30-36(33-18-9-7-10-19-33)29-42(50-43)35-22-17-23-38(28-35)51(45-26-15-16-27-49-45)44-25-14-13-24-39(44)34-20-11-8-12-21-34;/h7-27,29-32,52H,1-6H3;/q-1;. The molecule has 268 valence electrons. The van der Waals surface area contributed by atoms with Gasteiger partial charge >= 0.3 is 0 Å². The minimum Gasteiger partial charge on any atom is -0.507 e. The summed E-state index contributed by atoms with van der Waals surface area (Å²) in [7, 11) is 0. The average molecular weight is 874 g/mol. The molecule has 5 aromatic carbocycles. The van der Waals surface area contributed by atoms with Crippen molar-refractivity contribution in [3.8, 4) is 50.5 Å². The Kier molecular flexibility index (Phi) is 10.8. The third kappa shape index (κ3) is 8.04. The van der Waals surface area contributed by atoms with E-state index in [1.807, 2.05) is 54.7 Å². The van der Waals surface area contributed by atoms with Gasteiger partial charge in [0.05, 0.1) is 11.4 Å². The van der Waals surface area contributed by atoms with Crippen LogP contribution < -0.4 is 4.90 Å². The summed E-state index contributed by atoms with van der Waals surface area (Å²) < 4.78 is 0. The first-order chi connectivity index (χ1) is 25.0. The van der Waals surface area contributed by atoms with E-state index in [4.69, 9.17) is 9.97 Å². The van der Waals surface area contributed by atoms with Crippen molar-refractivity contribution < 1.29 is 26.2 Å². The number of hydrogen-bond donors (Lipinski definition) is 1. The molecule has 0 saturated heterocycles. The molecule has 2 aromatic heterocycles. The van der Waals surface area contributed by atoms with Gasteiger partial charge in [-0.25, -0.2) is 4.98 Å². The maximum Gasteiger partial charge on any atom is 0.136 e. The first kappa shape index (κ1) is 37.4. The molecule has 1 N–H and O–H groups in total. The fraction of sp³-hybridized carbons (Fsp3) is 0.167. The molecular weight excluding hydrogens is 830 g/mol. The van der Waals surface area contributed by atoms with Crippen molar-refractivity contribution in [1.29, 1.82) is 0 Å². The first-order valence-electron chi connectivity index (χ1n) is 17.8. The number of aromatic nitrogens is 2. The van der Waals surface area contributed by atoms with Gasteiger partial charge < -0.3 is 10.0 Å². The molecule has 0 saturated carbocycles. The number of pyridine rings is 2. The Hall–Kier alpha value is -5.31. The molecule has 7 rings (SSSR count). The summed E-state index contributed by atoms with van der Waals surface area (Å²) in [6.07, 6.45) is 1.82. The summed E-state index contributed by atoms with van der Waals surface area (Å²) in [4.78, 5) is 12.3. The maximum absolute atomic E-state index is 11.9. The molecule has 2 heterocycles. The molecule has 0 aliphatic rings. The van der Waals surface area contributed by atoms with Crippen LogP contribution in [0, 0.1) is 6.07 Å². The van der Waals surface area contributed by atoms with Crippen LogP contribution in [-0.2, 0) is 31.9 Å². The molecular formula is C48H44N3OPt-. The van der Waals surface area contributed by atoms with Crippen molar-refractivity contribution in [2.45, 2.75) is 52.4 Å². The van der Waals surface area contributed by atoms with Crippen molar-refractivity contribution >= 4 is 17.2 Å². The van der Waals surface area contributed by atoms with Crippen molar-refractivity contribution in [3.63, 3.8) is 0 Å². The Morgan fingerprint density at radius 1 is 0.566 bits per heavy atom. The zero-order valence-corrected chi connectivity index (χ0v) is 33.3. The van der Waals surface area contributed by atoms with Gasteiger partial charge in [0.2, 0.25) is 0 Å². The molecule has 53 heavy (non-hydrogen) atoms. The van der Waals surface area contributed by atoms with Crippen LogP contribution in [0.4, 0.5) is 17.2 Å². The van der Waals surface area contributed by atoms with Gasteiger partial charge in [-0.05, 0) is 74.8 Å². The number of anilines is 3. The number of phenolic OH excluding ortho intramolecular Hbond substituents is 1. The predicted molar refractivity (Wildman–Crippen MR) is 216 cm³/mol. The van der Waals surface area contributed by atoms with E-state index in [0.717, 1.165) is 67.4 Å². The zero-order chi connectivity index (χ0) is 36.5. The third-order valence-corrected chi connectivity index (χ3v) is 9.40. The van der Waals surface area contributed by atoms with Crippen LogP contribution in [0.2, 0.25) is 0 Å². The van der Waals surface area contributed by atoms with Crippen molar-refractivity contribution in [2.75, 3.05) is 4.90 Å². The topological polar surface area (TPSA) is 49.2 Å². The molecule has 0 radical (unpaired) electrons. The quantitative estimate of drug-likeness (QED) is 0.162. The van der Waals surface area contributed by atoms with E-state index in [1.54, 1.807) is 0 Å². The van der Waals surface area contributed by atoms with Crippen LogP contribution in [0.5, 0.6) is 5.75 Å². The average Bonchev–Trinajstić information content (AvgIpc) is 3.15. The normalized spacial score (nSPS) is 11.5. The van der Waals surface area contributed by atoms with Crippen LogP contribution in [0.15, 0.2) is 152 Å². The third-order valence-electron chi connectivity index (χ3n) is 9.40. The molecule has 0 spiro atoms. The second-order valence-corrected chi connectivity index (χ2v) is 15.3. The summed E-state index contributed by atoms with van der Waals surface area (Å²) >= 11 is 0. The number of para-hydroxylation sites is 1. The molecule has 0 atom stereocenters. The van der Waals surface area contributed by atoms with E-state index < -0.39 is 0 Å². The number of phenols is 1. The summed E-state index contributed by atoms with van der Waals surface area (Å²) in [6.45, 7) is 13.0. The minimum absolute atomic E-state index is 0. The van der Waals surface area contributed by atoms with Gasteiger partial charge in [0.25, 0.3) is 0 Å². The van der Waals surface area contributed by atoms with Crippen LogP contribution in [-0.4, -0.2) is 15.1 Å². The van der Waals surface area contributed by atoms with E-state index in [9.17, 15) is 5.11 Å². The molecule has 7 aromatic rings. The molecule has 0 amide bonds. The van der Waals surface area contributed by atoms with Crippen LogP contribution in [0.1, 0.15) is 52.7 Å². The first-order valence-corrected chi connectivity index (χ1v) is 17.8. The van der Waals surface area contributed by atoms with E-state index in [1.165, 1.54) is 0 Å². The van der Waals surface area contributed by atoms with Gasteiger partial charge in [-0.15, -0.1) is 29.8 Å². The van der Waals surface area contributed by atoms with E-state index >= 15 is 0 Å². The molecule has 0 bridgehead atoms. The Balaban J connectivity index is 0.00000481. The Morgan fingerprint density at radius 3 is 1.87 bits per heavy atom. The van der Waals surface area contributed by atoms with Crippen molar-refractivity contribution in [1.82, 2.24) is 9.97 Å². The summed E-state index contributed by atoms with van der Waals surface area (Å²) in [5.74, 6) is 1.05. The van der Waals surface area contributed by atoms with Crippen LogP contribution in [0.25, 0.3) is 44.8 Å². The van der Waals surface area contributed by atoms with E-state index in [2.05, 4.69) is 150 Å². The van der Waals surface area contributed by atoms with Gasteiger partial charge in [0.1, 0.15) is 11.6 Å². The fourth-order valence-corrected chi connectivity index (χ4v) is 6.57. The SMILES string of the molecule is CC(C)(C)c1cc(-c2cc(-c3ccccc3)cc(-c3[c-]c(N(c4ccccn4)c4ccccc4-c4ccccc4)ccc3)n2)c(O)c(C(C)(C)C)c1.[Pt]. The van der Waals surface area contributed by atoms with Gasteiger partial charge in [0.15, 0.2) is 0 Å². The predicted octanol–water partition coefficient (Wildman–Crippen LogP) is 12.7. The molecule has 4 nitrogen and oxygen atoms in total. The van der Waals surface area contributed by atoms with E-state index in [0.29, 0.717) is 5.69 Å². The van der Waals surface area contributed by atoms with Gasteiger partial charge in [-0.1, -0.05) is 139 Å². The number of hydrogen-bond acceptors (Lipinski definition) is 4. The summed E-state index contributed by atoms with van der Waals surface area (Å²) in [5, 5.41) is 11.9. The molecule has 0 aliphatic carbocycles. The number of rotatable bonds is 7. The van der Waals surface area contributed by atoms with Crippen LogP contribution in [0.3, 0.4) is 0 Å². The van der Waals surface area contributed by atoms with Gasteiger partial charge in [0, 0.05) is 44.0 Å². The maximum atomic E-state index is 11.9. The van der Waals surface area contributed by atoms with Crippen molar-refractivity contribution in [3.05, 3.63) is 169 Å². The smallest absolute Gasteiger partial charge is 0.136 e. The van der Waals surface area contributed by atoms with Gasteiger partial charge in [-0.3, -0.25) is 4.98 Å². The molecule has 5 heteroatoms. The summed E-state index contributed by atoms with van der Waals surface area (Å²) in [5.41, 5.74) is 10.8. The summed E-state index contributed by atoms with van der Waals surface area (Å²) in [6, 6.07) is 53.5. The fourth-order valence-electron chi connectivity index (χ4n) is 6.57. The molecule has 0 unspecified atom stereocenters. The Bertz CT molecular complexity index is 2330. The van der Waals surface area contributed by atoms with E-state index in [-0.39, 0.29) is 37.6 Å². The minimum atomic E-state index is -0.271. The largest absolute Gasteiger partial charge is 0.507 e. The monoisotopic (exact) mass is 873 g/mol. The molecule has 0 aliphatic heterocycles. The Labute approximate surface area is 328 Å². The van der Waals surface area contributed by atoms with Crippen LogP contribution >= 0.6 is 0 Å². The van der Waals surface area contributed by atoms with Crippen molar-refractivity contribution in [2.24, 2.45) is 0 Å². The second-order valence-electron chi connectivity index (χ2n) is 15.3. The molecule has 0 fully saturated rings. The van der Waals surface area contributed by atoms with Gasteiger partial charge in [-0.2, -0.15) is 0 Å². The number of aromatic hydroxyl groups is 1. The number of benzene rings is 5. The second kappa shape index (κ2) is 15.3. The Morgan fingerprint density at radius 2 is 1.21 bits per heavy atom. The zero-order valence-electron chi connectivity index (χ0n) is 31.0. The number of nitrogens with zero attached hydrogens (tertiary/aromatic N) is 3.